The fourth-order valence-corrected chi connectivity index (χ4v) is 6.79. The van der Waals surface area contributed by atoms with Crippen molar-refractivity contribution in [3.8, 4) is 0 Å². The van der Waals surface area contributed by atoms with E-state index in [1.807, 2.05) is 41.5 Å². The topological polar surface area (TPSA) is 76.7 Å². The summed E-state index contributed by atoms with van der Waals surface area (Å²) in [4.78, 5) is 22.8. The molecule has 0 heterocycles. The van der Waals surface area contributed by atoms with E-state index in [1.165, 1.54) is 0 Å². The van der Waals surface area contributed by atoms with Gasteiger partial charge in [-0.1, -0.05) is 0 Å². The van der Waals surface area contributed by atoms with Gasteiger partial charge in [-0.2, -0.15) is 0 Å². The van der Waals surface area contributed by atoms with Gasteiger partial charge in [-0.05, 0) is 0 Å². The summed E-state index contributed by atoms with van der Waals surface area (Å²) in [5.41, 5.74) is -0.904. The molecule has 2 amide bonds. The summed E-state index contributed by atoms with van der Waals surface area (Å²) in [6.45, 7) is 12.4. The summed E-state index contributed by atoms with van der Waals surface area (Å²) < 4.78 is 10.3. The van der Waals surface area contributed by atoms with Crippen LogP contribution in [0.5, 0.6) is 0 Å². The predicted molar refractivity (Wildman–Crippen MR) is 89.6 cm³/mol. The first-order valence-electron chi connectivity index (χ1n) is 7.18. The maximum atomic E-state index is 11.4. The van der Waals surface area contributed by atoms with Crippen LogP contribution in [0.3, 0.4) is 0 Å². The third kappa shape index (κ3) is 16.0. The van der Waals surface area contributed by atoms with E-state index in [2.05, 4.69) is 10.6 Å². The number of amides is 2. The fraction of sp³-hybridized carbons (Fsp3) is 0.857. The minimum atomic E-state index is -0.452. The van der Waals surface area contributed by atoms with Crippen LogP contribution in [0.4, 0.5) is 9.59 Å². The van der Waals surface area contributed by atoms with Crippen molar-refractivity contribution >= 4 is 38.4 Å². The second-order valence-electron chi connectivity index (χ2n) is 6.50. The molecule has 6 nitrogen and oxygen atoms in total. The van der Waals surface area contributed by atoms with Crippen LogP contribution in [0.15, 0.2) is 0 Å². The zero-order chi connectivity index (χ0) is 17.2. The van der Waals surface area contributed by atoms with Crippen molar-refractivity contribution in [2.24, 2.45) is 0 Å². The van der Waals surface area contributed by atoms with Gasteiger partial charge in [0.25, 0.3) is 0 Å². The molecule has 130 valence electrons. The van der Waals surface area contributed by atoms with Crippen LogP contribution >= 0.6 is 0 Å². The zero-order valence-electron chi connectivity index (χ0n) is 14.3. The van der Waals surface area contributed by atoms with Crippen LogP contribution in [0.2, 0.25) is 10.6 Å². The minimum absolute atomic E-state index is 0.359. The van der Waals surface area contributed by atoms with Gasteiger partial charge in [0, 0.05) is 0 Å². The molecule has 0 spiro atoms. The van der Waals surface area contributed by atoms with Crippen LogP contribution in [0.1, 0.15) is 41.5 Å². The molecule has 0 unspecified atom stereocenters. The first-order valence-corrected chi connectivity index (χ1v) is 13.9. The van der Waals surface area contributed by atoms with E-state index in [0.717, 1.165) is 10.6 Å². The summed E-state index contributed by atoms with van der Waals surface area (Å²) in [6, 6.07) is 0. The molecule has 0 aliphatic carbocycles. The molecule has 8 heteroatoms. The van der Waals surface area contributed by atoms with Gasteiger partial charge >= 0.3 is 145 Å². The summed E-state index contributed by atoms with van der Waals surface area (Å²) in [7, 11) is 0. The summed E-state index contributed by atoms with van der Waals surface area (Å²) in [6.07, 6.45) is -0.718. The number of nitrogens with one attached hydrogen (secondary N) is 2. The normalized spacial score (nSPS) is 11.7. The number of hydrogen-bond acceptors (Lipinski definition) is 4. The van der Waals surface area contributed by atoms with Gasteiger partial charge in [0.2, 0.25) is 0 Å². The van der Waals surface area contributed by atoms with Gasteiger partial charge in [0.1, 0.15) is 0 Å². The number of carbonyl (C=O) groups excluding carboxylic acids is 2. The van der Waals surface area contributed by atoms with Crippen molar-refractivity contribution in [2.75, 3.05) is 13.1 Å². The molecule has 0 aliphatic rings. The molecule has 0 bridgehead atoms. The van der Waals surface area contributed by atoms with Crippen molar-refractivity contribution in [2.45, 2.75) is 63.4 Å². The number of hydrogen-bond donors (Lipinski definition) is 2. The van der Waals surface area contributed by atoms with Crippen LogP contribution in [-0.2, 0) is 9.47 Å². The Kier molecular flexibility index (Phi) is 10.2. The Labute approximate surface area is 144 Å². The molecule has 0 saturated carbocycles. The molecule has 2 N–H and O–H groups in total. The standard InChI is InChI=1S/C14H28N2O4Se2/c1-13(2,3)19-11(17)15-7-9-21-22-10-8-16-12(18)20-14(4,5)6/h7-10H2,1-6H3,(H,15,17)(H,16,18). The van der Waals surface area contributed by atoms with E-state index in [4.69, 9.17) is 9.47 Å². The van der Waals surface area contributed by atoms with E-state index in [9.17, 15) is 9.59 Å². The first-order chi connectivity index (χ1) is 9.99. The molecule has 0 radical (unpaired) electrons. The Hall–Kier alpha value is -0.421. The molecular weight excluding hydrogens is 418 g/mol. The van der Waals surface area contributed by atoms with Crippen molar-refractivity contribution in [1.29, 1.82) is 0 Å². The maximum absolute atomic E-state index is 11.4. The fourth-order valence-electron chi connectivity index (χ4n) is 1.14. The average Bonchev–Trinajstić information content (AvgIpc) is 2.27. The van der Waals surface area contributed by atoms with Crippen LogP contribution < -0.4 is 10.6 Å². The van der Waals surface area contributed by atoms with Crippen molar-refractivity contribution in [3.63, 3.8) is 0 Å². The molecule has 0 aromatic carbocycles. The zero-order valence-corrected chi connectivity index (χ0v) is 17.7. The molecule has 0 rings (SSSR count). The monoisotopic (exact) mass is 448 g/mol. The van der Waals surface area contributed by atoms with Gasteiger partial charge < -0.3 is 0 Å². The Bertz CT molecular complexity index is 318. The molecular formula is C14H28N2O4Se2. The first kappa shape index (κ1) is 21.6. The van der Waals surface area contributed by atoms with Gasteiger partial charge in [0.05, 0.1) is 0 Å². The van der Waals surface area contributed by atoms with E-state index < -0.39 is 11.2 Å². The van der Waals surface area contributed by atoms with Gasteiger partial charge in [0.15, 0.2) is 0 Å². The SMILES string of the molecule is CC(C)(C)OC(=O)NCC[Se][Se]CCNC(=O)OC(C)(C)C. The summed E-state index contributed by atoms with van der Waals surface area (Å²) in [5, 5.41) is 7.47. The van der Waals surface area contributed by atoms with Crippen molar-refractivity contribution < 1.29 is 19.1 Å². The third-order valence-corrected chi connectivity index (χ3v) is 9.15. The molecule has 0 aromatic heterocycles. The number of rotatable bonds is 7. The third-order valence-electron chi connectivity index (χ3n) is 1.79. The van der Waals surface area contributed by atoms with E-state index >= 15 is 0 Å². The van der Waals surface area contributed by atoms with Crippen LogP contribution in [0.25, 0.3) is 0 Å². The Morgan fingerprint density at radius 1 is 0.773 bits per heavy atom. The van der Waals surface area contributed by atoms with E-state index in [0.29, 0.717) is 39.4 Å². The number of ether oxygens (including phenoxy) is 2. The van der Waals surface area contributed by atoms with Gasteiger partial charge in [-0.3, -0.25) is 0 Å². The predicted octanol–water partition coefficient (Wildman–Crippen LogP) is 2.20. The molecule has 0 fully saturated rings. The second kappa shape index (κ2) is 10.4. The molecule has 0 saturated heterocycles. The second-order valence-corrected chi connectivity index (χ2v) is 14.3. The van der Waals surface area contributed by atoms with E-state index in [-0.39, 0.29) is 12.2 Å². The summed E-state index contributed by atoms with van der Waals surface area (Å²) in [5.74, 6) is 0. The number of alkyl carbamates (subject to hydrolysis) is 2. The van der Waals surface area contributed by atoms with Crippen molar-refractivity contribution in [1.82, 2.24) is 10.6 Å². The Balaban J connectivity index is 3.45. The van der Waals surface area contributed by atoms with Crippen molar-refractivity contribution in [3.05, 3.63) is 0 Å². The average molecular weight is 446 g/mol. The molecule has 0 atom stereocenters. The summed E-state index contributed by atoms with van der Waals surface area (Å²) >= 11 is 1.02. The number of carbonyl (C=O) groups is 2. The van der Waals surface area contributed by atoms with Gasteiger partial charge in [-0.15, -0.1) is 0 Å². The van der Waals surface area contributed by atoms with Gasteiger partial charge in [-0.25, -0.2) is 0 Å². The Morgan fingerprint density at radius 3 is 1.36 bits per heavy atom. The van der Waals surface area contributed by atoms with Crippen LogP contribution in [0, 0.1) is 0 Å². The quantitative estimate of drug-likeness (QED) is 0.465. The molecule has 22 heavy (non-hydrogen) atoms. The van der Waals surface area contributed by atoms with E-state index in [1.54, 1.807) is 0 Å². The Morgan fingerprint density at radius 2 is 1.09 bits per heavy atom. The van der Waals surface area contributed by atoms with Crippen LogP contribution in [-0.4, -0.2) is 62.7 Å². The molecule has 0 aliphatic heterocycles. The molecule has 0 aromatic rings.